The first-order chi connectivity index (χ1) is 18.9. The summed E-state index contributed by atoms with van der Waals surface area (Å²) in [7, 11) is 0. The van der Waals surface area contributed by atoms with Crippen molar-refractivity contribution in [3.05, 3.63) is 83.9 Å². The van der Waals surface area contributed by atoms with Crippen molar-refractivity contribution in [1.29, 1.82) is 0 Å². The quantitative estimate of drug-likeness (QED) is 0.411. The minimum atomic E-state index is -1.13. The van der Waals surface area contributed by atoms with Gasteiger partial charge < -0.3 is 43.7 Å². The summed E-state index contributed by atoms with van der Waals surface area (Å²) in [4.78, 5) is 0. The molecule has 0 amide bonds. The summed E-state index contributed by atoms with van der Waals surface area (Å²) in [5, 5.41) is 31.6. The first-order valence-electron chi connectivity index (χ1n) is 13.3. The lowest BCUT2D eigenvalue weighted by atomic mass is 10.00. The van der Waals surface area contributed by atoms with Crippen LogP contribution < -0.4 is 0 Å². The number of aliphatic hydroxyl groups is 3. The SMILES string of the molecule is C=Cc1ccc(C(O)OC[C@@H]2CC(O)CC(O[C@@H]3C[C@@H](O)[C@@H]4OC(c5ccc(C=C)cc5)OC[C@H]4O3)O2)cc1. The molecule has 0 aliphatic carbocycles. The minimum absolute atomic E-state index is 0.0665. The predicted octanol–water partition coefficient (Wildman–Crippen LogP) is 3.45. The van der Waals surface area contributed by atoms with Gasteiger partial charge in [0.15, 0.2) is 25.2 Å². The van der Waals surface area contributed by atoms with Gasteiger partial charge in [0.1, 0.15) is 12.2 Å². The van der Waals surface area contributed by atoms with E-state index in [9.17, 15) is 15.3 Å². The average Bonchev–Trinajstić information content (AvgIpc) is 2.95. The molecular formula is C30H36O9. The van der Waals surface area contributed by atoms with Gasteiger partial charge in [-0.1, -0.05) is 73.8 Å². The van der Waals surface area contributed by atoms with Crippen molar-refractivity contribution in [2.24, 2.45) is 0 Å². The molecule has 2 aromatic carbocycles. The maximum atomic E-state index is 10.8. The number of ether oxygens (including phenoxy) is 6. The molecule has 0 aromatic heterocycles. The fourth-order valence-corrected chi connectivity index (χ4v) is 5.04. The molecule has 9 nitrogen and oxygen atoms in total. The number of aliphatic hydroxyl groups excluding tert-OH is 3. The van der Waals surface area contributed by atoms with E-state index in [1.165, 1.54) is 0 Å². The van der Waals surface area contributed by atoms with Crippen LogP contribution in [-0.4, -0.2) is 71.6 Å². The Bertz CT molecular complexity index is 1090. The second kappa shape index (κ2) is 12.8. The van der Waals surface area contributed by atoms with E-state index in [4.69, 9.17) is 28.4 Å². The molecule has 0 spiro atoms. The van der Waals surface area contributed by atoms with Gasteiger partial charge in [0.05, 0.1) is 31.5 Å². The van der Waals surface area contributed by atoms with Crippen LogP contribution >= 0.6 is 0 Å². The number of hydrogen-bond acceptors (Lipinski definition) is 9. The smallest absolute Gasteiger partial charge is 0.184 e. The van der Waals surface area contributed by atoms with Gasteiger partial charge in [-0.2, -0.15) is 0 Å². The molecule has 2 aromatic rings. The second-order valence-electron chi connectivity index (χ2n) is 10.0. The van der Waals surface area contributed by atoms with E-state index in [0.29, 0.717) is 12.0 Å². The van der Waals surface area contributed by atoms with E-state index < -0.39 is 55.7 Å². The highest BCUT2D eigenvalue weighted by atomic mass is 16.8. The highest BCUT2D eigenvalue weighted by Gasteiger charge is 2.45. The van der Waals surface area contributed by atoms with Crippen molar-refractivity contribution in [3.8, 4) is 0 Å². The first kappa shape index (κ1) is 28.1. The number of rotatable bonds is 9. The fourth-order valence-electron chi connectivity index (χ4n) is 5.04. The van der Waals surface area contributed by atoms with Crippen molar-refractivity contribution in [3.63, 3.8) is 0 Å². The van der Waals surface area contributed by atoms with Crippen LogP contribution in [0.25, 0.3) is 12.2 Å². The van der Waals surface area contributed by atoms with Gasteiger partial charge in [-0.15, -0.1) is 0 Å². The monoisotopic (exact) mass is 540 g/mol. The molecule has 5 rings (SSSR count). The summed E-state index contributed by atoms with van der Waals surface area (Å²) in [5.74, 6) is 0. The van der Waals surface area contributed by atoms with E-state index in [2.05, 4.69) is 13.2 Å². The summed E-state index contributed by atoms with van der Waals surface area (Å²) in [6.45, 7) is 7.77. The highest BCUT2D eigenvalue weighted by molar-refractivity contribution is 5.48. The van der Waals surface area contributed by atoms with Crippen molar-refractivity contribution < 1.29 is 43.7 Å². The number of benzene rings is 2. The Morgan fingerprint density at radius 3 is 2.23 bits per heavy atom. The van der Waals surface area contributed by atoms with Crippen LogP contribution in [0.2, 0.25) is 0 Å². The minimum Gasteiger partial charge on any atom is -0.393 e. The molecular weight excluding hydrogens is 504 g/mol. The van der Waals surface area contributed by atoms with Gasteiger partial charge in [-0.25, -0.2) is 0 Å². The summed E-state index contributed by atoms with van der Waals surface area (Å²) >= 11 is 0. The first-order valence-corrected chi connectivity index (χ1v) is 13.3. The lowest BCUT2D eigenvalue weighted by molar-refractivity contribution is -0.363. The fraction of sp³-hybridized carbons (Fsp3) is 0.467. The van der Waals surface area contributed by atoms with Crippen LogP contribution in [0.1, 0.15) is 54.1 Å². The van der Waals surface area contributed by atoms with Gasteiger partial charge >= 0.3 is 0 Å². The summed E-state index contributed by atoms with van der Waals surface area (Å²) in [6.07, 6.45) is -2.07. The Hall–Kier alpha value is -2.44. The average molecular weight is 541 g/mol. The van der Waals surface area contributed by atoms with Gasteiger partial charge in [0.25, 0.3) is 0 Å². The molecule has 3 aliphatic rings. The van der Waals surface area contributed by atoms with E-state index >= 15 is 0 Å². The van der Waals surface area contributed by atoms with Gasteiger partial charge in [-0.05, 0) is 11.1 Å². The maximum absolute atomic E-state index is 10.8. The van der Waals surface area contributed by atoms with Crippen molar-refractivity contribution in [1.82, 2.24) is 0 Å². The third kappa shape index (κ3) is 7.01. The van der Waals surface area contributed by atoms with Crippen LogP contribution in [0.4, 0.5) is 0 Å². The zero-order valence-electron chi connectivity index (χ0n) is 21.7. The third-order valence-corrected chi connectivity index (χ3v) is 7.19. The number of hydrogen-bond donors (Lipinski definition) is 3. The molecule has 39 heavy (non-hydrogen) atoms. The van der Waals surface area contributed by atoms with E-state index in [-0.39, 0.29) is 26.1 Å². The molecule has 0 bridgehead atoms. The molecule has 9 atom stereocenters. The largest absolute Gasteiger partial charge is 0.393 e. The Kier molecular flexibility index (Phi) is 9.24. The summed E-state index contributed by atoms with van der Waals surface area (Å²) in [5.41, 5.74) is 3.39. The standard InChI is InChI=1S/C30H36O9/c1-3-18-5-9-20(10-6-18)29(33)34-16-23-13-22(31)14-26(36-23)38-27-15-24(32)28-25(37-27)17-35-30(39-28)21-11-7-19(4-2)8-12-21/h3-12,22-33H,1-2,13-17H2/t22?,23-,24+,25+,26?,27+,28-,29?,30?/m0/s1. The van der Waals surface area contributed by atoms with Crippen LogP contribution in [0.5, 0.6) is 0 Å². The normalized spacial score (nSPS) is 33.6. The highest BCUT2D eigenvalue weighted by Crippen LogP contribution is 2.35. The number of fused-ring (bicyclic) bond motifs is 1. The third-order valence-electron chi connectivity index (χ3n) is 7.19. The molecule has 0 saturated carbocycles. The lowest BCUT2D eigenvalue weighted by Gasteiger charge is -2.45. The molecule has 9 heteroatoms. The van der Waals surface area contributed by atoms with Crippen molar-refractivity contribution in [2.75, 3.05) is 13.2 Å². The zero-order valence-corrected chi connectivity index (χ0v) is 21.7. The van der Waals surface area contributed by atoms with Crippen LogP contribution in [0, 0.1) is 0 Å². The molecule has 3 saturated heterocycles. The molecule has 3 aliphatic heterocycles. The molecule has 3 N–H and O–H groups in total. The van der Waals surface area contributed by atoms with Crippen LogP contribution in [-0.2, 0) is 28.4 Å². The van der Waals surface area contributed by atoms with Crippen LogP contribution in [0.15, 0.2) is 61.7 Å². The summed E-state index contributed by atoms with van der Waals surface area (Å²) < 4.78 is 35.5. The Morgan fingerprint density at radius 2 is 1.54 bits per heavy atom. The molecule has 0 radical (unpaired) electrons. The molecule has 4 unspecified atom stereocenters. The Labute approximate surface area is 228 Å². The van der Waals surface area contributed by atoms with E-state index in [0.717, 1.165) is 16.7 Å². The zero-order chi connectivity index (χ0) is 27.4. The van der Waals surface area contributed by atoms with Crippen molar-refractivity contribution in [2.45, 2.75) is 74.9 Å². The van der Waals surface area contributed by atoms with Crippen molar-refractivity contribution >= 4 is 12.2 Å². The molecule has 210 valence electrons. The predicted molar refractivity (Wildman–Crippen MR) is 142 cm³/mol. The van der Waals surface area contributed by atoms with Gasteiger partial charge in [0, 0.05) is 30.4 Å². The Balaban J connectivity index is 1.11. The second-order valence-corrected chi connectivity index (χ2v) is 10.0. The topological polar surface area (TPSA) is 116 Å². The molecule has 3 fully saturated rings. The summed E-state index contributed by atoms with van der Waals surface area (Å²) in [6, 6.07) is 14.9. The maximum Gasteiger partial charge on any atom is 0.184 e. The molecule has 3 heterocycles. The van der Waals surface area contributed by atoms with Gasteiger partial charge in [-0.3, -0.25) is 0 Å². The van der Waals surface area contributed by atoms with Crippen LogP contribution in [0.3, 0.4) is 0 Å². The van der Waals surface area contributed by atoms with Gasteiger partial charge in [0.2, 0.25) is 0 Å². The lowest BCUT2D eigenvalue weighted by Crippen LogP contribution is -2.56. The van der Waals surface area contributed by atoms with E-state index in [1.807, 2.05) is 36.4 Å². The van der Waals surface area contributed by atoms with E-state index in [1.54, 1.807) is 24.3 Å². The Morgan fingerprint density at radius 1 is 0.872 bits per heavy atom.